The molecule has 0 radical (unpaired) electrons. The molecule has 2 heterocycles. The standard InChI is InChI=1S/C24H17F3N4O2/c25-24(26,27)23-28-17-11-10-15(12-19(17)29-23)22(14-6-2-1-3-7-14)30-21(32)13-18-16-8-4-5-9-20(16)33-31-18/h1-12,22H,13H2,(H,28,29)(H,30,32)/t22-/m1/s1. The van der Waals surface area contributed by atoms with Crippen LogP contribution in [0.2, 0.25) is 0 Å². The molecule has 3 aromatic carbocycles. The van der Waals surface area contributed by atoms with E-state index in [1.807, 2.05) is 48.5 Å². The van der Waals surface area contributed by atoms with Gasteiger partial charge in [-0.2, -0.15) is 13.2 Å². The van der Waals surface area contributed by atoms with E-state index in [9.17, 15) is 18.0 Å². The smallest absolute Gasteiger partial charge is 0.356 e. The summed E-state index contributed by atoms with van der Waals surface area (Å²) in [4.78, 5) is 18.9. The molecule has 0 bridgehead atoms. The third-order valence-corrected chi connectivity index (χ3v) is 5.33. The molecule has 6 nitrogen and oxygen atoms in total. The van der Waals surface area contributed by atoms with Crippen molar-refractivity contribution >= 4 is 27.9 Å². The van der Waals surface area contributed by atoms with Crippen LogP contribution in [0.5, 0.6) is 0 Å². The molecule has 33 heavy (non-hydrogen) atoms. The number of H-pyrrole nitrogens is 1. The quantitative estimate of drug-likeness (QED) is 0.387. The maximum absolute atomic E-state index is 13.0. The summed E-state index contributed by atoms with van der Waals surface area (Å²) in [5.41, 5.74) is 2.92. The van der Waals surface area contributed by atoms with Crippen molar-refractivity contribution < 1.29 is 22.5 Å². The number of imidazole rings is 1. The minimum Gasteiger partial charge on any atom is -0.356 e. The van der Waals surface area contributed by atoms with Crippen molar-refractivity contribution in [3.05, 3.63) is 95.4 Å². The van der Waals surface area contributed by atoms with Crippen LogP contribution < -0.4 is 5.32 Å². The summed E-state index contributed by atoms with van der Waals surface area (Å²) >= 11 is 0. The van der Waals surface area contributed by atoms with Gasteiger partial charge in [0.15, 0.2) is 5.58 Å². The van der Waals surface area contributed by atoms with E-state index in [0.29, 0.717) is 16.8 Å². The third kappa shape index (κ3) is 4.17. The number of alkyl halides is 3. The summed E-state index contributed by atoms with van der Waals surface area (Å²) in [6.07, 6.45) is -4.59. The van der Waals surface area contributed by atoms with E-state index < -0.39 is 18.0 Å². The fourth-order valence-corrected chi connectivity index (χ4v) is 3.78. The molecule has 9 heteroatoms. The van der Waals surface area contributed by atoms with Gasteiger partial charge >= 0.3 is 6.18 Å². The highest BCUT2D eigenvalue weighted by atomic mass is 19.4. The molecule has 2 N–H and O–H groups in total. The Morgan fingerprint density at radius 2 is 1.76 bits per heavy atom. The van der Waals surface area contributed by atoms with Gasteiger partial charge in [-0.15, -0.1) is 0 Å². The van der Waals surface area contributed by atoms with Crippen molar-refractivity contribution in [3.8, 4) is 0 Å². The van der Waals surface area contributed by atoms with Gasteiger partial charge in [-0.25, -0.2) is 4.98 Å². The molecule has 0 spiro atoms. The van der Waals surface area contributed by atoms with Crippen molar-refractivity contribution in [2.24, 2.45) is 0 Å². The Labute approximate surface area is 185 Å². The fraction of sp³-hybridized carbons (Fsp3) is 0.125. The topological polar surface area (TPSA) is 83.8 Å². The molecule has 5 rings (SSSR count). The largest absolute Gasteiger partial charge is 0.449 e. The summed E-state index contributed by atoms with van der Waals surface area (Å²) in [6.45, 7) is 0. The molecule has 0 unspecified atom stereocenters. The molecule has 5 aromatic rings. The van der Waals surface area contributed by atoms with Crippen LogP contribution in [0.25, 0.3) is 22.0 Å². The van der Waals surface area contributed by atoms with E-state index in [1.54, 1.807) is 18.2 Å². The predicted molar refractivity (Wildman–Crippen MR) is 115 cm³/mol. The van der Waals surface area contributed by atoms with Crippen LogP contribution in [0.3, 0.4) is 0 Å². The Morgan fingerprint density at radius 1 is 1.00 bits per heavy atom. The first-order valence-electron chi connectivity index (χ1n) is 10.1. The molecule has 1 atom stereocenters. The van der Waals surface area contributed by atoms with Crippen LogP contribution in [0.1, 0.15) is 28.7 Å². The van der Waals surface area contributed by atoms with Crippen LogP contribution in [0.15, 0.2) is 77.3 Å². The number of aromatic nitrogens is 3. The first-order chi connectivity index (χ1) is 15.9. The Morgan fingerprint density at radius 3 is 2.55 bits per heavy atom. The van der Waals surface area contributed by atoms with Crippen LogP contribution in [0, 0.1) is 0 Å². The molecule has 2 aromatic heterocycles. The van der Waals surface area contributed by atoms with Gasteiger partial charge in [0.05, 0.1) is 23.5 Å². The second kappa shape index (κ2) is 8.09. The Kier molecular flexibility index (Phi) is 5.08. The van der Waals surface area contributed by atoms with Crippen molar-refractivity contribution in [2.45, 2.75) is 18.6 Å². The second-order valence-electron chi connectivity index (χ2n) is 7.57. The number of fused-ring (bicyclic) bond motifs is 2. The monoisotopic (exact) mass is 450 g/mol. The lowest BCUT2D eigenvalue weighted by Crippen LogP contribution is -2.30. The van der Waals surface area contributed by atoms with Gasteiger partial charge in [0.2, 0.25) is 11.7 Å². The first-order valence-corrected chi connectivity index (χ1v) is 10.1. The van der Waals surface area contributed by atoms with Crippen molar-refractivity contribution in [1.29, 1.82) is 0 Å². The zero-order chi connectivity index (χ0) is 23.0. The van der Waals surface area contributed by atoms with E-state index in [4.69, 9.17) is 4.52 Å². The van der Waals surface area contributed by atoms with E-state index in [0.717, 1.165) is 10.9 Å². The average molecular weight is 450 g/mol. The van der Waals surface area contributed by atoms with Gasteiger partial charge in [-0.3, -0.25) is 4.79 Å². The molecule has 0 saturated heterocycles. The summed E-state index contributed by atoms with van der Waals surface area (Å²) in [6, 6.07) is 20.6. The first kappa shape index (κ1) is 20.7. The lowest BCUT2D eigenvalue weighted by atomic mass is 9.98. The van der Waals surface area contributed by atoms with Gasteiger partial charge in [-0.1, -0.05) is 53.7 Å². The van der Waals surface area contributed by atoms with Crippen molar-refractivity contribution in [1.82, 2.24) is 20.4 Å². The number of amides is 1. The lowest BCUT2D eigenvalue weighted by molar-refractivity contribution is -0.144. The van der Waals surface area contributed by atoms with E-state index in [1.165, 1.54) is 6.07 Å². The molecule has 0 aliphatic rings. The van der Waals surface area contributed by atoms with Gasteiger partial charge < -0.3 is 14.8 Å². The predicted octanol–water partition coefficient (Wildman–Crippen LogP) is 5.17. The Hall–Kier alpha value is -4.14. The summed E-state index contributed by atoms with van der Waals surface area (Å²) in [7, 11) is 0. The van der Waals surface area contributed by atoms with Gasteiger partial charge in [-0.05, 0) is 35.4 Å². The van der Waals surface area contributed by atoms with Crippen LogP contribution in [0.4, 0.5) is 13.2 Å². The molecular formula is C24H17F3N4O2. The lowest BCUT2D eigenvalue weighted by Gasteiger charge is -2.20. The summed E-state index contributed by atoms with van der Waals surface area (Å²) < 4.78 is 44.4. The zero-order valence-corrected chi connectivity index (χ0v) is 17.1. The van der Waals surface area contributed by atoms with Crippen LogP contribution in [-0.2, 0) is 17.4 Å². The van der Waals surface area contributed by atoms with Crippen molar-refractivity contribution in [2.75, 3.05) is 0 Å². The SMILES string of the molecule is O=C(Cc1noc2ccccc12)N[C@H](c1ccccc1)c1ccc2nc(C(F)(F)F)[nH]c2c1. The Balaban J connectivity index is 1.47. The zero-order valence-electron chi connectivity index (χ0n) is 17.1. The molecule has 0 saturated carbocycles. The number of hydrogen-bond acceptors (Lipinski definition) is 4. The summed E-state index contributed by atoms with van der Waals surface area (Å²) in [5, 5.41) is 7.73. The van der Waals surface area contributed by atoms with Gasteiger partial charge in [0.25, 0.3) is 0 Å². The maximum Gasteiger partial charge on any atom is 0.449 e. The van der Waals surface area contributed by atoms with E-state index in [2.05, 4.69) is 20.4 Å². The number of nitrogens with zero attached hydrogens (tertiary/aromatic N) is 2. The second-order valence-corrected chi connectivity index (χ2v) is 7.57. The average Bonchev–Trinajstić information content (AvgIpc) is 3.42. The molecule has 1 amide bonds. The number of nitrogens with one attached hydrogen (secondary N) is 2. The summed E-state index contributed by atoms with van der Waals surface area (Å²) in [5.74, 6) is -1.36. The third-order valence-electron chi connectivity index (χ3n) is 5.33. The minimum absolute atomic E-state index is 0.00906. The van der Waals surface area contributed by atoms with E-state index in [-0.39, 0.29) is 23.4 Å². The number of para-hydroxylation sites is 1. The van der Waals surface area contributed by atoms with E-state index >= 15 is 0 Å². The normalized spacial score (nSPS) is 12.8. The number of rotatable bonds is 5. The van der Waals surface area contributed by atoms with Gasteiger partial charge in [0.1, 0.15) is 5.69 Å². The number of carbonyl (C=O) groups excluding carboxylic acids is 1. The highest BCUT2D eigenvalue weighted by Gasteiger charge is 2.34. The molecular weight excluding hydrogens is 433 g/mol. The molecule has 0 aliphatic heterocycles. The van der Waals surface area contributed by atoms with Crippen LogP contribution in [-0.4, -0.2) is 21.0 Å². The van der Waals surface area contributed by atoms with Gasteiger partial charge in [0, 0.05) is 5.39 Å². The highest BCUT2D eigenvalue weighted by molar-refractivity contribution is 5.86. The molecule has 0 fully saturated rings. The highest BCUT2D eigenvalue weighted by Crippen LogP contribution is 2.30. The number of hydrogen-bond donors (Lipinski definition) is 2. The van der Waals surface area contributed by atoms with Crippen LogP contribution >= 0.6 is 0 Å². The number of halogens is 3. The fourth-order valence-electron chi connectivity index (χ4n) is 3.78. The Bertz CT molecular complexity index is 1440. The number of aromatic amines is 1. The molecule has 166 valence electrons. The number of benzene rings is 3. The maximum atomic E-state index is 13.0. The molecule has 0 aliphatic carbocycles. The van der Waals surface area contributed by atoms with Crippen molar-refractivity contribution in [3.63, 3.8) is 0 Å². The number of carbonyl (C=O) groups is 1. The minimum atomic E-state index is -4.58.